The summed E-state index contributed by atoms with van der Waals surface area (Å²) >= 11 is 3.36. The van der Waals surface area contributed by atoms with Gasteiger partial charge in [0.1, 0.15) is 0 Å². The quantitative estimate of drug-likeness (QED) is 0.824. The third-order valence-corrected chi connectivity index (χ3v) is 4.57. The highest BCUT2D eigenvalue weighted by molar-refractivity contribution is 9.10. The van der Waals surface area contributed by atoms with Gasteiger partial charge in [-0.15, -0.1) is 0 Å². The number of nitrogens with zero attached hydrogens (tertiary/aromatic N) is 2. The first-order valence-electron chi connectivity index (χ1n) is 7.78. The van der Waals surface area contributed by atoms with Gasteiger partial charge in [0.05, 0.1) is 17.2 Å². The summed E-state index contributed by atoms with van der Waals surface area (Å²) in [5.74, 6) is -0.0417. The van der Waals surface area contributed by atoms with E-state index < -0.39 is 0 Å². The SMILES string of the molecule is O=C(CCn1cnc2ccc(Br)cc2c1=O)NCC1CCCN1. The average molecular weight is 379 g/mol. The summed E-state index contributed by atoms with van der Waals surface area (Å²) in [6, 6.07) is 5.78. The standard InChI is InChI=1S/C16H19BrN4O2/c17-11-3-4-14-13(8-11)16(23)21(10-20-14)7-5-15(22)19-9-12-2-1-6-18-12/h3-4,8,10,12,18H,1-2,5-7,9H2,(H,19,22). The highest BCUT2D eigenvalue weighted by Crippen LogP contribution is 2.14. The van der Waals surface area contributed by atoms with E-state index in [1.54, 1.807) is 12.1 Å². The molecular formula is C16H19BrN4O2. The van der Waals surface area contributed by atoms with Gasteiger partial charge in [0.15, 0.2) is 0 Å². The van der Waals surface area contributed by atoms with Gasteiger partial charge in [0, 0.05) is 30.0 Å². The molecule has 6 nitrogen and oxygen atoms in total. The summed E-state index contributed by atoms with van der Waals surface area (Å²) in [5.41, 5.74) is 0.535. The largest absolute Gasteiger partial charge is 0.354 e. The summed E-state index contributed by atoms with van der Waals surface area (Å²) < 4.78 is 2.32. The van der Waals surface area contributed by atoms with Crippen LogP contribution in [0.3, 0.4) is 0 Å². The molecule has 1 aliphatic heterocycles. The van der Waals surface area contributed by atoms with Crippen molar-refractivity contribution in [1.82, 2.24) is 20.2 Å². The Morgan fingerprint density at radius 2 is 2.35 bits per heavy atom. The van der Waals surface area contributed by atoms with E-state index in [1.165, 1.54) is 10.9 Å². The van der Waals surface area contributed by atoms with Crippen molar-refractivity contribution in [3.63, 3.8) is 0 Å². The molecule has 1 unspecified atom stereocenters. The summed E-state index contributed by atoms with van der Waals surface area (Å²) in [4.78, 5) is 28.6. The summed E-state index contributed by atoms with van der Waals surface area (Å²) in [7, 11) is 0. The van der Waals surface area contributed by atoms with Gasteiger partial charge in [-0.1, -0.05) is 15.9 Å². The van der Waals surface area contributed by atoms with E-state index in [4.69, 9.17) is 0 Å². The minimum absolute atomic E-state index is 0.0417. The van der Waals surface area contributed by atoms with Crippen LogP contribution in [0.5, 0.6) is 0 Å². The first-order valence-corrected chi connectivity index (χ1v) is 8.57. The van der Waals surface area contributed by atoms with E-state index in [-0.39, 0.29) is 17.9 Å². The van der Waals surface area contributed by atoms with Gasteiger partial charge >= 0.3 is 0 Å². The molecule has 2 N–H and O–H groups in total. The lowest BCUT2D eigenvalue weighted by Gasteiger charge is -2.12. The van der Waals surface area contributed by atoms with E-state index in [9.17, 15) is 9.59 Å². The lowest BCUT2D eigenvalue weighted by atomic mass is 10.2. The molecule has 0 radical (unpaired) electrons. The first kappa shape index (κ1) is 16.1. The molecule has 0 bridgehead atoms. The predicted octanol–water partition coefficient (Wildman–Crippen LogP) is 1.42. The fraction of sp³-hybridized carbons (Fsp3) is 0.438. The fourth-order valence-electron chi connectivity index (χ4n) is 2.77. The minimum Gasteiger partial charge on any atom is -0.354 e. The van der Waals surface area contributed by atoms with E-state index >= 15 is 0 Å². The number of hydrogen-bond donors (Lipinski definition) is 2. The van der Waals surface area contributed by atoms with E-state index in [0.29, 0.717) is 30.0 Å². The molecule has 1 amide bonds. The molecular weight excluding hydrogens is 360 g/mol. The van der Waals surface area contributed by atoms with Crippen LogP contribution in [0, 0.1) is 0 Å². The van der Waals surface area contributed by atoms with Crippen LogP contribution in [-0.4, -0.2) is 34.6 Å². The molecule has 1 aliphatic rings. The number of fused-ring (bicyclic) bond motifs is 1. The van der Waals surface area contributed by atoms with Crippen molar-refractivity contribution in [2.24, 2.45) is 0 Å². The van der Waals surface area contributed by atoms with Gasteiger partial charge < -0.3 is 10.6 Å². The molecule has 1 atom stereocenters. The fourth-order valence-corrected chi connectivity index (χ4v) is 3.13. The maximum atomic E-state index is 12.4. The lowest BCUT2D eigenvalue weighted by molar-refractivity contribution is -0.121. The van der Waals surface area contributed by atoms with Crippen LogP contribution in [-0.2, 0) is 11.3 Å². The second kappa shape index (κ2) is 7.23. The second-order valence-electron chi connectivity index (χ2n) is 5.75. The number of aromatic nitrogens is 2. The zero-order valence-electron chi connectivity index (χ0n) is 12.7. The highest BCUT2D eigenvalue weighted by atomic mass is 79.9. The van der Waals surface area contributed by atoms with E-state index in [0.717, 1.165) is 23.9 Å². The number of halogens is 1. The van der Waals surface area contributed by atoms with Crippen molar-refractivity contribution in [1.29, 1.82) is 0 Å². The summed E-state index contributed by atoms with van der Waals surface area (Å²) in [6.45, 7) is 2.00. The van der Waals surface area contributed by atoms with Crippen LogP contribution < -0.4 is 16.2 Å². The Kier molecular flexibility index (Phi) is 5.07. The number of amides is 1. The third-order valence-electron chi connectivity index (χ3n) is 4.07. The molecule has 2 heterocycles. The van der Waals surface area contributed by atoms with Crippen molar-refractivity contribution in [2.75, 3.05) is 13.1 Å². The van der Waals surface area contributed by atoms with E-state index in [2.05, 4.69) is 31.5 Å². The van der Waals surface area contributed by atoms with Crippen molar-refractivity contribution in [3.8, 4) is 0 Å². The molecule has 0 saturated carbocycles. The van der Waals surface area contributed by atoms with Gasteiger partial charge in [0.25, 0.3) is 5.56 Å². The molecule has 1 saturated heterocycles. The van der Waals surface area contributed by atoms with Gasteiger partial charge in [0.2, 0.25) is 5.91 Å². The molecule has 7 heteroatoms. The zero-order valence-corrected chi connectivity index (χ0v) is 14.3. The van der Waals surface area contributed by atoms with Crippen LogP contribution in [0.1, 0.15) is 19.3 Å². The Labute approximate surface area is 142 Å². The van der Waals surface area contributed by atoms with Crippen molar-refractivity contribution in [2.45, 2.75) is 31.8 Å². The number of hydrogen-bond acceptors (Lipinski definition) is 4. The van der Waals surface area contributed by atoms with Crippen molar-refractivity contribution in [3.05, 3.63) is 39.4 Å². The van der Waals surface area contributed by atoms with E-state index in [1.807, 2.05) is 6.07 Å². The Morgan fingerprint density at radius 3 is 3.13 bits per heavy atom. The lowest BCUT2D eigenvalue weighted by Crippen LogP contribution is -2.37. The number of nitrogens with one attached hydrogen (secondary N) is 2. The van der Waals surface area contributed by atoms with Crippen LogP contribution >= 0.6 is 15.9 Å². The Hall–Kier alpha value is -1.73. The van der Waals surface area contributed by atoms with Crippen molar-refractivity contribution < 1.29 is 4.79 Å². The van der Waals surface area contributed by atoms with Gasteiger partial charge in [-0.3, -0.25) is 14.2 Å². The molecule has 0 aliphatic carbocycles. The maximum absolute atomic E-state index is 12.4. The van der Waals surface area contributed by atoms with Gasteiger partial charge in [-0.05, 0) is 37.6 Å². The Balaban J connectivity index is 1.61. The third kappa shape index (κ3) is 3.97. The molecule has 1 fully saturated rings. The predicted molar refractivity (Wildman–Crippen MR) is 92.4 cm³/mol. The van der Waals surface area contributed by atoms with Crippen molar-refractivity contribution >= 4 is 32.7 Å². The van der Waals surface area contributed by atoms with Gasteiger partial charge in [-0.25, -0.2) is 4.98 Å². The second-order valence-corrected chi connectivity index (χ2v) is 6.67. The normalized spacial score (nSPS) is 17.5. The van der Waals surface area contributed by atoms with Crippen LogP contribution in [0.15, 0.2) is 33.8 Å². The molecule has 122 valence electrons. The number of rotatable bonds is 5. The molecule has 23 heavy (non-hydrogen) atoms. The molecule has 3 rings (SSSR count). The summed E-state index contributed by atoms with van der Waals surface area (Å²) in [6.07, 6.45) is 4.04. The number of carbonyl (C=O) groups is 1. The van der Waals surface area contributed by atoms with Crippen LogP contribution in [0.25, 0.3) is 10.9 Å². The number of benzene rings is 1. The monoisotopic (exact) mass is 378 g/mol. The smallest absolute Gasteiger partial charge is 0.261 e. The topological polar surface area (TPSA) is 76.0 Å². The Morgan fingerprint density at radius 1 is 1.48 bits per heavy atom. The van der Waals surface area contributed by atoms with Crippen LogP contribution in [0.4, 0.5) is 0 Å². The van der Waals surface area contributed by atoms with Crippen LogP contribution in [0.2, 0.25) is 0 Å². The first-order chi connectivity index (χ1) is 11.1. The highest BCUT2D eigenvalue weighted by Gasteiger charge is 2.14. The Bertz CT molecular complexity index is 768. The summed E-state index contributed by atoms with van der Waals surface area (Å²) in [5, 5.41) is 6.80. The molecule has 1 aromatic heterocycles. The number of aryl methyl sites for hydroxylation is 1. The molecule has 0 spiro atoms. The number of carbonyl (C=O) groups excluding carboxylic acids is 1. The molecule has 2 aromatic rings. The average Bonchev–Trinajstić information content (AvgIpc) is 3.06. The molecule has 1 aromatic carbocycles. The van der Waals surface area contributed by atoms with Gasteiger partial charge in [-0.2, -0.15) is 0 Å². The maximum Gasteiger partial charge on any atom is 0.261 e. The zero-order chi connectivity index (χ0) is 16.2. The minimum atomic E-state index is -0.124.